The predicted octanol–water partition coefficient (Wildman–Crippen LogP) is 2.87. The number of rotatable bonds is 9. The van der Waals surface area contributed by atoms with Gasteiger partial charge in [-0.05, 0) is 73.9 Å². The van der Waals surface area contributed by atoms with Gasteiger partial charge in [-0.25, -0.2) is 8.42 Å². The number of piperidine rings is 1. The first-order valence-electron chi connectivity index (χ1n) is 16.1. The Hall–Kier alpha value is -3.39. The van der Waals surface area contributed by atoms with Crippen LogP contribution in [0.25, 0.3) is 10.8 Å². The van der Waals surface area contributed by atoms with Crippen molar-refractivity contribution < 1.29 is 32.0 Å². The van der Waals surface area contributed by atoms with E-state index in [1.54, 1.807) is 30.9 Å². The average Bonchev–Trinajstić information content (AvgIpc) is 2.99. The zero-order chi connectivity index (χ0) is 34.8. The normalized spacial score (nSPS) is 22.3. The second kappa shape index (κ2) is 14.0. The van der Waals surface area contributed by atoms with Crippen LogP contribution in [0.4, 0.5) is 0 Å². The number of hydrogen-bond donors (Lipinski definition) is 3. The third kappa shape index (κ3) is 8.75. The molecule has 4 unspecified atom stereocenters. The zero-order valence-corrected chi connectivity index (χ0v) is 30.4. The lowest BCUT2D eigenvalue weighted by Gasteiger charge is -2.48. The Morgan fingerprint density at radius 3 is 2.32 bits per heavy atom. The molecule has 2 aliphatic heterocycles. The van der Waals surface area contributed by atoms with E-state index in [4.69, 9.17) is 10.2 Å². The maximum Gasteiger partial charge on any atom is 0.251 e. The van der Waals surface area contributed by atoms with Crippen molar-refractivity contribution in [3.8, 4) is 0 Å². The third-order valence-corrected chi connectivity index (χ3v) is 11.7. The van der Waals surface area contributed by atoms with E-state index in [2.05, 4.69) is 10.6 Å². The van der Waals surface area contributed by atoms with E-state index < -0.39 is 66.3 Å². The second-order valence-corrected chi connectivity index (χ2v) is 19.2. The molecule has 0 aliphatic carbocycles. The van der Waals surface area contributed by atoms with Crippen molar-refractivity contribution in [2.24, 2.45) is 5.73 Å². The van der Waals surface area contributed by atoms with Gasteiger partial charge in [0, 0.05) is 17.9 Å². The molecule has 0 saturated carbocycles. The van der Waals surface area contributed by atoms with Crippen molar-refractivity contribution in [1.82, 2.24) is 15.5 Å². The van der Waals surface area contributed by atoms with Gasteiger partial charge < -0.3 is 25.7 Å². The summed E-state index contributed by atoms with van der Waals surface area (Å²) in [5.41, 5.74) is 3.97. The molecule has 3 amide bonds. The van der Waals surface area contributed by atoms with Crippen molar-refractivity contribution >= 4 is 53.2 Å². The van der Waals surface area contributed by atoms with Crippen molar-refractivity contribution in [2.75, 3.05) is 6.26 Å². The molecule has 0 radical (unpaired) electrons. The molecule has 256 valence electrons. The van der Waals surface area contributed by atoms with Crippen LogP contribution < -0.4 is 16.4 Å². The molecule has 0 aromatic heterocycles. The summed E-state index contributed by atoms with van der Waals surface area (Å²) < 4.78 is 30.6. The predicted molar refractivity (Wildman–Crippen MR) is 185 cm³/mol. The summed E-state index contributed by atoms with van der Waals surface area (Å²) in [7, 11) is -5.37. The minimum absolute atomic E-state index is 0.156. The summed E-state index contributed by atoms with van der Waals surface area (Å²) in [6.45, 7) is 9.29. The lowest BCUT2D eigenvalue weighted by atomic mass is 9.86. The Bertz CT molecular complexity index is 1670. The molecular weight excluding hydrogens is 637 g/mol. The standard InChI is InChI=1S/C34H48N4O7SSi/c1-32(2,3)47-45-33(4,5)34(35,21-28(39)46(6,43)44)37-30(41)27-17-11-15-25-14-9-10-16-26(31(42)38(25)27)36-29(40)24-19-18-22-12-7-8-13-23(22)20-24/h7-10,12-13,18-20,25-27H,11,14-17,21,35,47H2,1-6H3,(H,36,40)(H,37,41). The summed E-state index contributed by atoms with van der Waals surface area (Å²) in [5, 5.41) is 6.28. The molecule has 11 nitrogen and oxygen atoms in total. The fourth-order valence-electron chi connectivity index (χ4n) is 5.96. The molecule has 2 aliphatic rings. The highest BCUT2D eigenvalue weighted by Crippen LogP contribution is 2.33. The smallest absolute Gasteiger partial charge is 0.251 e. The lowest BCUT2D eigenvalue weighted by molar-refractivity contribution is -0.149. The Labute approximate surface area is 279 Å². The van der Waals surface area contributed by atoms with Crippen LogP contribution in [0.2, 0.25) is 5.04 Å². The number of nitrogens with one attached hydrogen (secondary N) is 2. The van der Waals surface area contributed by atoms with E-state index in [-0.39, 0.29) is 23.4 Å². The van der Waals surface area contributed by atoms with Gasteiger partial charge in [0.25, 0.3) is 5.91 Å². The molecule has 13 heteroatoms. The van der Waals surface area contributed by atoms with Crippen molar-refractivity contribution in [3.63, 3.8) is 0 Å². The fourth-order valence-corrected chi connectivity index (χ4v) is 7.50. The molecule has 2 heterocycles. The highest BCUT2D eigenvalue weighted by atomic mass is 32.2. The second-order valence-electron chi connectivity index (χ2n) is 14.5. The Kier molecular flexibility index (Phi) is 10.8. The molecule has 1 fully saturated rings. The topological polar surface area (TPSA) is 165 Å². The highest BCUT2D eigenvalue weighted by Gasteiger charge is 2.50. The van der Waals surface area contributed by atoms with Gasteiger partial charge in [-0.3, -0.25) is 19.2 Å². The first-order valence-corrected chi connectivity index (χ1v) is 19.2. The van der Waals surface area contributed by atoms with E-state index in [1.807, 2.05) is 63.3 Å². The molecule has 4 atom stereocenters. The van der Waals surface area contributed by atoms with Gasteiger partial charge in [0.15, 0.2) is 9.76 Å². The number of carbonyl (C=O) groups is 4. The van der Waals surface area contributed by atoms with E-state index in [0.29, 0.717) is 31.2 Å². The number of benzene rings is 2. The fraction of sp³-hybridized carbons (Fsp3) is 0.529. The van der Waals surface area contributed by atoms with Crippen molar-refractivity contribution in [1.29, 1.82) is 0 Å². The lowest BCUT2D eigenvalue weighted by Crippen LogP contribution is -2.73. The minimum atomic E-state index is -4.12. The summed E-state index contributed by atoms with van der Waals surface area (Å²) >= 11 is 0. The van der Waals surface area contributed by atoms with Crippen LogP contribution in [0.1, 0.15) is 83.5 Å². The zero-order valence-electron chi connectivity index (χ0n) is 28.2. The van der Waals surface area contributed by atoms with Gasteiger partial charge in [-0.2, -0.15) is 0 Å². The first-order chi connectivity index (χ1) is 21.8. The first kappa shape index (κ1) is 36.4. The number of hydrogen-bond acceptors (Lipinski definition) is 8. The van der Waals surface area contributed by atoms with Crippen LogP contribution in [-0.4, -0.2) is 81.6 Å². The van der Waals surface area contributed by atoms with Gasteiger partial charge in [-0.15, -0.1) is 0 Å². The van der Waals surface area contributed by atoms with E-state index in [1.165, 1.54) is 0 Å². The van der Waals surface area contributed by atoms with Crippen LogP contribution in [-0.2, 0) is 28.6 Å². The molecule has 2 aromatic carbocycles. The molecule has 2 aromatic rings. The Balaban J connectivity index is 1.61. The minimum Gasteiger partial charge on any atom is -0.415 e. The van der Waals surface area contributed by atoms with Gasteiger partial charge >= 0.3 is 0 Å². The third-order valence-electron chi connectivity index (χ3n) is 8.99. The van der Waals surface area contributed by atoms with Crippen LogP contribution in [0.3, 0.4) is 0 Å². The molecule has 4 N–H and O–H groups in total. The number of nitrogens with two attached hydrogens (primary N) is 1. The largest absolute Gasteiger partial charge is 0.415 e. The maximum atomic E-state index is 14.2. The van der Waals surface area contributed by atoms with Gasteiger partial charge in [0.05, 0.1) is 12.0 Å². The Morgan fingerprint density at radius 2 is 1.66 bits per heavy atom. The maximum absolute atomic E-state index is 14.2. The summed E-state index contributed by atoms with van der Waals surface area (Å²) in [4.78, 5) is 56.1. The summed E-state index contributed by atoms with van der Waals surface area (Å²) in [5.74, 6) is -1.40. The number of carbonyl (C=O) groups excluding carboxylic acids is 4. The number of sulfone groups is 1. The molecular formula is C34H48N4O7SSi. The summed E-state index contributed by atoms with van der Waals surface area (Å²) in [6.07, 6.45) is 6.38. The summed E-state index contributed by atoms with van der Waals surface area (Å²) in [6, 6.07) is 10.8. The monoisotopic (exact) mass is 684 g/mol. The molecule has 0 spiro atoms. The highest BCUT2D eigenvalue weighted by molar-refractivity contribution is 8.05. The molecule has 47 heavy (non-hydrogen) atoms. The van der Waals surface area contributed by atoms with Gasteiger partial charge in [0.1, 0.15) is 17.7 Å². The average molecular weight is 685 g/mol. The molecule has 1 saturated heterocycles. The van der Waals surface area contributed by atoms with Gasteiger partial charge in [0.2, 0.25) is 26.8 Å². The number of nitrogens with zero attached hydrogens (tertiary/aromatic N) is 1. The molecule has 0 bridgehead atoms. The van der Waals surface area contributed by atoms with Crippen molar-refractivity contribution in [3.05, 3.63) is 60.2 Å². The van der Waals surface area contributed by atoms with Crippen LogP contribution in [0.15, 0.2) is 54.6 Å². The molecule has 4 rings (SSSR count). The SMILES string of the molecule is CC(C)(C)[SiH2]OC(C)(C)C(N)(CC(=O)S(C)(=O)=O)NC(=O)C1CCCC2CC=CCC(NC(=O)c3ccc4ccccc4c3)C(=O)N21. The quantitative estimate of drug-likeness (QED) is 0.206. The van der Waals surface area contributed by atoms with E-state index in [0.717, 1.165) is 17.0 Å². The van der Waals surface area contributed by atoms with Crippen LogP contribution in [0.5, 0.6) is 0 Å². The van der Waals surface area contributed by atoms with Crippen LogP contribution >= 0.6 is 0 Å². The Morgan fingerprint density at radius 1 is 1.00 bits per heavy atom. The van der Waals surface area contributed by atoms with E-state index >= 15 is 0 Å². The van der Waals surface area contributed by atoms with Crippen LogP contribution in [0, 0.1) is 0 Å². The van der Waals surface area contributed by atoms with Crippen molar-refractivity contribution in [2.45, 2.75) is 108 Å². The van der Waals surface area contributed by atoms with Gasteiger partial charge in [-0.1, -0.05) is 63.3 Å². The number of amides is 3. The van der Waals surface area contributed by atoms with E-state index in [9.17, 15) is 27.6 Å². The number of fused-ring (bicyclic) bond motifs is 2.